The maximum atomic E-state index is 13.2. The van der Waals surface area contributed by atoms with E-state index >= 15 is 0 Å². The number of hydrogen-bond acceptors (Lipinski definition) is 2. The van der Waals surface area contributed by atoms with Gasteiger partial charge in [-0.2, -0.15) is 11.8 Å². The van der Waals surface area contributed by atoms with Crippen LogP contribution in [0, 0.1) is 18.7 Å². The lowest BCUT2D eigenvalue weighted by Crippen LogP contribution is -2.14. The lowest BCUT2D eigenvalue weighted by atomic mass is 9.91. The van der Waals surface area contributed by atoms with Crippen molar-refractivity contribution in [1.29, 1.82) is 0 Å². The first kappa shape index (κ1) is 12.9. The molecule has 1 N–H and O–H groups in total. The van der Waals surface area contributed by atoms with Crippen LogP contribution in [0.15, 0.2) is 18.2 Å². The predicted molar refractivity (Wildman–Crippen MR) is 70.8 cm³/mol. The van der Waals surface area contributed by atoms with E-state index < -0.39 is 6.10 Å². The molecule has 1 saturated heterocycles. The molecule has 1 aliphatic rings. The summed E-state index contributed by atoms with van der Waals surface area (Å²) in [6.07, 6.45) is 2.61. The van der Waals surface area contributed by atoms with Gasteiger partial charge in [0.1, 0.15) is 5.82 Å². The molecule has 17 heavy (non-hydrogen) atoms. The Labute approximate surface area is 106 Å². The first-order valence-corrected chi connectivity index (χ1v) is 7.34. The third-order valence-electron chi connectivity index (χ3n) is 3.50. The van der Waals surface area contributed by atoms with Gasteiger partial charge in [0.05, 0.1) is 6.10 Å². The maximum Gasteiger partial charge on any atom is 0.123 e. The standard InChI is InChI=1S/C14H19FOS/c1-10-2-3-12(15)9-13(10)14(16)8-11-4-6-17-7-5-11/h2-3,9,11,14,16H,4-8H2,1H3. The van der Waals surface area contributed by atoms with E-state index in [0.29, 0.717) is 5.92 Å². The van der Waals surface area contributed by atoms with Crippen molar-refractivity contribution >= 4 is 11.8 Å². The largest absolute Gasteiger partial charge is 0.388 e. The quantitative estimate of drug-likeness (QED) is 0.887. The van der Waals surface area contributed by atoms with Crippen LogP contribution in [0.2, 0.25) is 0 Å². The second-order valence-electron chi connectivity index (χ2n) is 4.81. The fourth-order valence-corrected chi connectivity index (χ4v) is 3.60. The third-order valence-corrected chi connectivity index (χ3v) is 4.55. The first-order valence-electron chi connectivity index (χ1n) is 6.18. The minimum atomic E-state index is -0.515. The molecule has 0 amide bonds. The molecule has 0 bridgehead atoms. The van der Waals surface area contributed by atoms with Crippen LogP contribution in [0.4, 0.5) is 4.39 Å². The van der Waals surface area contributed by atoms with Crippen molar-refractivity contribution in [2.75, 3.05) is 11.5 Å². The summed E-state index contributed by atoms with van der Waals surface area (Å²) in [7, 11) is 0. The minimum absolute atomic E-state index is 0.260. The highest BCUT2D eigenvalue weighted by Gasteiger charge is 2.20. The first-order chi connectivity index (χ1) is 8.16. The van der Waals surface area contributed by atoms with Crippen LogP contribution >= 0.6 is 11.8 Å². The molecule has 1 atom stereocenters. The number of halogens is 1. The van der Waals surface area contributed by atoms with Crippen LogP contribution in [0.5, 0.6) is 0 Å². The zero-order valence-corrected chi connectivity index (χ0v) is 11.0. The average Bonchev–Trinajstić information content (AvgIpc) is 2.33. The fraction of sp³-hybridized carbons (Fsp3) is 0.571. The number of rotatable bonds is 3. The second kappa shape index (κ2) is 5.87. The number of hydrogen-bond donors (Lipinski definition) is 1. The molecule has 1 aromatic rings. The van der Waals surface area contributed by atoms with Gasteiger partial charge in [0.15, 0.2) is 0 Å². The molecule has 1 aromatic carbocycles. The fourth-order valence-electron chi connectivity index (χ4n) is 2.40. The van der Waals surface area contributed by atoms with Crippen LogP contribution in [-0.4, -0.2) is 16.6 Å². The molecule has 3 heteroatoms. The smallest absolute Gasteiger partial charge is 0.123 e. The van der Waals surface area contributed by atoms with Crippen molar-refractivity contribution in [2.24, 2.45) is 5.92 Å². The number of aliphatic hydroxyl groups is 1. The van der Waals surface area contributed by atoms with Crippen LogP contribution in [0.1, 0.15) is 36.5 Å². The highest BCUT2D eigenvalue weighted by Crippen LogP contribution is 2.32. The van der Waals surface area contributed by atoms with E-state index in [9.17, 15) is 9.50 Å². The highest BCUT2D eigenvalue weighted by molar-refractivity contribution is 7.99. The molecule has 1 nitrogen and oxygen atoms in total. The Morgan fingerprint density at radius 2 is 2.12 bits per heavy atom. The second-order valence-corrected chi connectivity index (χ2v) is 6.03. The molecular formula is C14H19FOS. The Morgan fingerprint density at radius 3 is 2.82 bits per heavy atom. The van der Waals surface area contributed by atoms with E-state index in [1.165, 1.54) is 36.5 Å². The molecule has 1 heterocycles. The summed E-state index contributed by atoms with van der Waals surface area (Å²) >= 11 is 1.99. The summed E-state index contributed by atoms with van der Waals surface area (Å²) in [6, 6.07) is 4.66. The summed E-state index contributed by atoms with van der Waals surface area (Å²) in [5, 5.41) is 10.2. The van der Waals surface area contributed by atoms with E-state index in [0.717, 1.165) is 17.5 Å². The number of thioether (sulfide) groups is 1. The van der Waals surface area contributed by atoms with Crippen molar-refractivity contribution in [3.05, 3.63) is 35.1 Å². The van der Waals surface area contributed by atoms with Crippen LogP contribution in [-0.2, 0) is 0 Å². The van der Waals surface area contributed by atoms with E-state index in [2.05, 4.69) is 0 Å². The van der Waals surface area contributed by atoms with Crippen molar-refractivity contribution in [1.82, 2.24) is 0 Å². The SMILES string of the molecule is Cc1ccc(F)cc1C(O)CC1CCSCC1. The van der Waals surface area contributed by atoms with Crippen LogP contribution in [0.25, 0.3) is 0 Å². The van der Waals surface area contributed by atoms with Gasteiger partial charge in [0, 0.05) is 0 Å². The van der Waals surface area contributed by atoms with Gasteiger partial charge >= 0.3 is 0 Å². The van der Waals surface area contributed by atoms with Gasteiger partial charge in [-0.15, -0.1) is 0 Å². The topological polar surface area (TPSA) is 20.2 Å². The van der Waals surface area contributed by atoms with E-state index in [-0.39, 0.29) is 5.82 Å². The molecule has 1 unspecified atom stereocenters. The summed E-state index contributed by atoms with van der Waals surface area (Å²) in [5.41, 5.74) is 1.73. The molecule has 0 aliphatic carbocycles. The Morgan fingerprint density at radius 1 is 1.41 bits per heavy atom. The van der Waals surface area contributed by atoms with Crippen LogP contribution < -0.4 is 0 Å². The molecular weight excluding hydrogens is 235 g/mol. The maximum absolute atomic E-state index is 13.2. The Bertz CT molecular complexity index is 374. The zero-order chi connectivity index (χ0) is 12.3. The van der Waals surface area contributed by atoms with Crippen molar-refractivity contribution in [2.45, 2.75) is 32.3 Å². The summed E-state index contributed by atoms with van der Waals surface area (Å²) < 4.78 is 13.2. The minimum Gasteiger partial charge on any atom is -0.388 e. The molecule has 94 valence electrons. The third kappa shape index (κ3) is 3.46. The molecule has 0 spiro atoms. The predicted octanol–water partition coefficient (Wildman–Crippen LogP) is 3.70. The van der Waals surface area contributed by atoms with E-state index in [4.69, 9.17) is 0 Å². The lowest BCUT2D eigenvalue weighted by molar-refractivity contribution is 0.140. The monoisotopic (exact) mass is 254 g/mol. The molecule has 0 radical (unpaired) electrons. The van der Waals surface area contributed by atoms with Gasteiger partial charge in [-0.3, -0.25) is 0 Å². The number of benzene rings is 1. The Hall–Kier alpha value is -0.540. The molecule has 0 saturated carbocycles. The highest BCUT2D eigenvalue weighted by atomic mass is 32.2. The molecule has 2 rings (SSSR count). The normalized spacial score (nSPS) is 19.2. The van der Waals surface area contributed by atoms with Gasteiger partial charge < -0.3 is 5.11 Å². The Balaban J connectivity index is 2.02. The number of aliphatic hydroxyl groups excluding tert-OH is 1. The summed E-state index contributed by atoms with van der Waals surface area (Å²) in [6.45, 7) is 1.93. The molecule has 1 aliphatic heterocycles. The van der Waals surface area contributed by atoms with E-state index in [1.54, 1.807) is 6.07 Å². The zero-order valence-electron chi connectivity index (χ0n) is 10.2. The van der Waals surface area contributed by atoms with Crippen molar-refractivity contribution < 1.29 is 9.50 Å². The van der Waals surface area contributed by atoms with Crippen molar-refractivity contribution in [3.63, 3.8) is 0 Å². The summed E-state index contributed by atoms with van der Waals surface area (Å²) in [5.74, 6) is 2.72. The molecule has 1 fully saturated rings. The van der Waals surface area contributed by atoms with Crippen LogP contribution in [0.3, 0.4) is 0 Å². The van der Waals surface area contributed by atoms with E-state index in [1.807, 2.05) is 18.7 Å². The number of aryl methyl sites for hydroxylation is 1. The molecule has 0 aromatic heterocycles. The van der Waals surface area contributed by atoms with Gasteiger partial charge in [-0.05, 0) is 66.9 Å². The lowest BCUT2D eigenvalue weighted by Gasteiger charge is -2.24. The average molecular weight is 254 g/mol. The summed E-state index contributed by atoms with van der Waals surface area (Å²) in [4.78, 5) is 0. The Kier molecular flexibility index (Phi) is 4.46. The van der Waals surface area contributed by atoms with Gasteiger partial charge in [-0.25, -0.2) is 4.39 Å². The van der Waals surface area contributed by atoms with Gasteiger partial charge in [-0.1, -0.05) is 6.07 Å². The van der Waals surface area contributed by atoms with Crippen molar-refractivity contribution in [3.8, 4) is 0 Å². The van der Waals surface area contributed by atoms with Gasteiger partial charge in [0.2, 0.25) is 0 Å². The van der Waals surface area contributed by atoms with Gasteiger partial charge in [0.25, 0.3) is 0 Å².